The van der Waals surface area contributed by atoms with E-state index < -0.39 is 0 Å². The van der Waals surface area contributed by atoms with Gasteiger partial charge in [-0.15, -0.1) is 0 Å². The summed E-state index contributed by atoms with van der Waals surface area (Å²) in [5.74, 6) is 0.718. The van der Waals surface area contributed by atoms with E-state index in [0.717, 1.165) is 25.4 Å². The highest BCUT2D eigenvalue weighted by molar-refractivity contribution is 4.53. The van der Waals surface area contributed by atoms with Gasteiger partial charge >= 0.3 is 0 Å². The molecule has 0 fully saturated rings. The van der Waals surface area contributed by atoms with E-state index in [4.69, 9.17) is 4.74 Å². The third-order valence-corrected chi connectivity index (χ3v) is 2.22. The van der Waals surface area contributed by atoms with Gasteiger partial charge in [0.15, 0.2) is 0 Å². The summed E-state index contributed by atoms with van der Waals surface area (Å²) in [6.07, 6.45) is 4.00. The van der Waals surface area contributed by atoms with E-state index in [9.17, 15) is 0 Å². The molecule has 11 heavy (non-hydrogen) atoms. The van der Waals surface area contributed by atoms with E-state index in [2.05, 4.69) is 27.7 Å². The van der Waals surface area contributed by atoms with Crippen LogP contribution in [0.25, 0.3) is 0 Å². The summed E-state index contributed by atoms with van der Waals surface area (Å²) in [7, 11) is 0. The minimum atomic E-state index is 0.490. The molecule has 0 aliphatic rings. The first kappa shape index (κ1) is 11.0. The maximum atomic E-state index is 5.69. The van der Waals surface area contributed by atoms with Gasteiger partial charge in [0.05, 0.1) is 6.10 Å². The number of rotatable bonds is 6. The van der Waals surface area contributed by atoms with Crippen LogP contribution >= 0.6 is 0 Å². The summed E-state index contributed by atoms with van der Waals surface area (Å²) < 4.78 is 5.69. The van der Waals surface area contributed by atoms with Crippen molar-refractivity contribution in [3.63, 3.8) is 0 Å². The molecule has 1 nitrogen and oxygen atoms in total. The standard InChI is InChI=1S/C10H22O/c1-5-9(4)8-11-10(6-2)7-3/h9-10H,5-8H2,1-4H3. The number of ether oxygens (including phenoxy) is 1. The Morgan fingerprint density at radius 3 is 1.91 bits per heavy atom. The normalized spacial score (nSPS) is 13.9. The largest absolute Gasteiger partial charge is 0.378 e. The first-order valence-corrected chi connectivity index (χ1v) is 4.86. The zero-order valence-electron chi connectivity index (χ0n) is 8.39. The fraction of sp³-hybridized carbons (Fsp3) is 1.00. The molecule has 0 aromatic rings. The molecule has 0 saturated carbocycles. The van der Waals surface area contributed by atoms with E-state index >= 15 is 0 Å². The first-order chi connectivity index (χ1) is 5.24. The van der Waals surface area contributed by atoms with Crippen molar-refractivity contribution >= 4 is 0 Å². The Bertz CT molecular complexity index is 76.9. The first-order valence-electron chi connectivity index (χ1n) is 4.86. The van der Waals surface area contributed by atoms with Crippen molar-refractivity contribution in [3.8, 4) is 0 Å². The summed E-state index contributed by atoms with van der Waals surface area (Å²) in [4.78, 5) is 0. The lowest BCUT2D eigenvalue weighted by atomic mass is 10.1. The second kappa shape index (κ2) is 6.66. The molecule has 1 heteroatoms. The van der Waals surface area contributed by atoms with Gasteiger partial charge in [-0.3, -0.25) is 0 Å². The second-order valence-electron chi connectivity index (χ2n) is 3.29. The van der Waals surface area contributed by atoms with Crippen LogP contribution in [0.3, 0.4) is 0 Å². The maximum absolute atomic E-state index is 5.69. The average Bonchev–Trinajstić information content (AvgIpc) is 2.06. The molecule has 1 unspecified atom stereocenters. The van der Waals surface area contributed by atoms with Crippen molar-refractivity contribution in [2.45, 2.75) is 53.1 Å². The van der Waals surface area contributed by atoms with E-state index in [0.29, 0.717) is 6.10 Å². The van der Waals surface area contributed by atoms with Crippen LogP contribution in [0.15, 0.2) is 0 Å². The summed E-state index contributed by atoms with van der Waals surface area (Å²) in [5, 5.41) is 0. The van der Waals surface area contributed by atoms with E-state index in [1.165, 1.54) is 6.42 Å². The van der Waals surface area contributed by atoms with Gasteiger partial charge in [0, 0.05) is 6.61 Å². The molecule has 0 aromatic heterocycles. The Morgan fingerprint density at radius 2 is 1.55 bits per heavy atom. The Kier molecular flexibility index (Phi) is 6.63. The van der Waals surface area contributed by atoms with Gasteiger partial charge < -0.3 is 4.74 Å². The molecular formula is C10H22O. The van der Waals surface area contributed by atoms with Crippen LogP contribution in [0.2, 0.25) is 0 Å². The molecule has 0 rings (SSSR count). The summed E-state index contributed by atoms with van der Waals surface area (Å²) in [6.45, 7) is 9.75. The van der Waals surface area contributed by atoms with E-state index in [-0.39, 0.29) is 0 Å². The monoisotopic (exact) mass is 158 g/mol. The highest BCUT2D eigenvalue weighted by Crippen LogP contribution is 2.07. The number of hydrogen-bond acceptors (Lipinski definition) is 1. The number of hydrogen-bond donors (Lipinski definition) is 0. The highest BCUT2D eigenvalue weighted by Gasteiger charge is 2.05. The Hall–Kier alpha value is -0.0400. The van der Waals surface area contributed by atoms with E-state index in [1.54, 1.807) is 0 Å². The van der Waals surface area contributed by atoms with Crippen LogP contribution in [0.5, 0.6) is 0 Å². The molecule has 0 N–H and O–H groups in total. The van der Waals surface area contributed by atoms with Gasteiger partial charge in [0.2, 0.25) is 0 Å². The minimum Gasteiger partial charge on any atom is -0.378 e. The fourth-order valence-electron chi connectivity index (χ4n) is 0.943. The topological polar surface area (TPSA) is 9.23 Å². The van der Waals surface area contributed by atoms with Crippen molar-refractivity contribution in [3.05, 3.63) is 0 Å². The predicted molar refractivity (Wildman–Crippen MR) is 49.8 cm³/mol. The Morgan fingerprint density at radius 1 is 1.00 bits per heavy atom. The Labute approximate surface area is 71.1 Å². The maximum Gasteiger partial charge on any atom is 0.0570 e. The smallest absolute Gasteiger partial charge is 0.0570 e. The summed E-state index contributed by atoms with van der Waals surface area (Å²) in [5.41, 5.74) is 0. The summed E-state index contributed by atoms with van der Waals surface area (Å²) in [6, 6.07) is 0. The average molecular weight is 158 g/mol. The van der Waals surface area contributed by atoms with Crippen LogP contribution in [-0.4, -0.2) is 12.7 Å². The molecule has 0 saturated heterocycles. The lowest BCUT2D eigenvalue weighted by Gasteiger charge is -2.16. The van der Waals surface area contributed by atoms with Gasteiger partial charge in [0.25, 0.3) is 0 Å². The minimum absolute atomic E-state index is 0.490. The molecule has 1 atom stereocenters. The lowest BCUT2D eigenvalue weighted by molar-refractivity contribution is 0.0275. The lowest BCUT2D eigenvalue weighted by Crippen LogP contribution is -2.15. The molecular weight excluding hydrogens is 136 g/mol. The highest BCUT2D eigenvalue weighted by atomic mass is 16.5. The van der Waals surface area contributed by atoms with Gasteiger partial charge in [-0.25, -0.2) is 0 Å². The Balaban J connectivity index is 3.34. The van der Waals surface area contributed by atoms with Crippen molar-refractivity contribution in [2.75, 3.05) is 6.61 Å². The van der Waals surface area contributed by atoms with Crippen molar-refractivity contribution in [2.24, 2.45) is 5.92 Å². The molecule has 0 aliphatic carbocycles. The molecule has 0 amide bonds. The predicted octanol–water partition coefficient (Wildman–Crippen LogP) is 3.24. The van der Waals surface area contributed by atoms with Crippen molar-refractivity contribution in [1.29, 1.82) is 0 Å². The third kappa shape index (κ3) is 5.25. The van der Waals surface area contributed by atoms with Gasteiger partial charge in [0.1, 0.15) is 0 Å². The SMILES string of the molecule is CCC(C)COC(CC)CC. The van der Waals surface area contributed by atoms with Crippen molar-refractivity contribution < 1.29 is 4.74 Å². The quantitative estimate of drug-likeness (QED) is 0.576. The van der Waals surface area contributed by atoms with Gasteiger partial charge in [-0.05, 0) is 18.8 Å². The van der Waals surface area contributed by atoms with Crippen LogP contribution in [-0.2, 0) is 4.74 Å². The second-order valence-corrected chi connectivity index (χ2v) is 3.29. The zero-order valence-corrected chi connectivity index (χ0v) is 8.39. The zero-order chi connectivity index (χ0) is 8.69. The van der Waals surface area contributed by atoms with Gasteiger partial charge in [-0.1, -0.05) is 34.1 Å². The molecule has 0 radical (unpaired) electrons. The van der Waals surface area contributed by atoms with Crippen LogP contribution in [0, 0.1) is 5.92 Å². The van der Waals surface area contributed by atoms with Crippen LogP contribution in [0.1, 0.15) is 47.0 Å². The van der Waals surface area contributed by atoms with Gasteiger partial charge in [-0.2, -0.15) is 0 Å². The van der Waals surface area contributed by atoms with Crippen molar-refractivity contribution in [1.82, 2.24) is 0 Å². The molecule has 68 valence electrons. The molecule has 0 aliphatic heterocycles. The third-order valence-electron chi connectivity index (χ3n) is 2.22. The van der Waals surface area contributed by atoms with Crippen LogP contribution < -0.4 is 0 Å². The van der Waals surface area contributed by atoms with E-state index in [1.807, 2.05) is 0 Å². The molecule has 0 bridgehead atoms. The fourth-order valence-corrected chi connectivity index (χ4v) is 0.943. The molecule has 0 heterocycles. The molecule has 0 spiro atoms. The summed E-state index contributed by atoms with van der Waals surface area (Å²) >= 11 is 0. The molecule has 0 aromatic carbocycles. The van der Waals surface area contributed by atoms with Crippen LogP contribution in [0.4, 0.5) is 0 Å².